The first-order valence-corrected chi connectivity index (χ1v) is 13.5. The first-order valence-electron chi connectivity index (χ1n) is 13.5. The van der Waals surface area contributed by atoms with Crippen LogP contribution in [-0.2, 0) is 14.3 Å². The van der Waals surface area contributed by atoms with Gasteiger partial charge in [0.15, 0.2) is 5.78 Å². The number of esters is 1. The molecule has 4 aliphatic rings. The highest BCUT2D eigenvalue weighted by molar-refractivity contribution is 5.98. The second kappa shape index (κ2) is 8.91. The Morgan fingerprint density at radius 2 is 1.81 bits per heavy atom. The molecule has 0 spiro atoms. The molecule has 0 aromatic carbocycles. The minimum Gasteiger partial charge on any atom is -0.458 e. The van der Waals surface area contributed by atoms with Crippen molar-refractivity contribution in [1.29, 1.82) is 0 Å². The van der Waals surface area contributed by atoms with Crippen molar-refractivity contribution in [2.75, 3.05) is 0 Å². The van der Waals surface area contributed by atoms with Gasteiger partial charge in [-0.1, -0.05) is 53.9 Å². The number of carbonyl (C=O) groups is 2. The minimum atomic E-state index is -0.246. The Labute approximate surface area is 196 Å². The number of hydrogen-bond acceptors (Lipinski definition) is 3. The Hall–Kier alpha value is -1.12. The van der Waals surface area contributed by atoms with Gasteiger partial charge in [-0.05, 0) is 90.9 Å². The van der Waals surface area contributed by atoms with Crippen molar-refractivity contribution < 1.29 is 14.3 Å². The van der Waals surface area contributed by atoms with Crippen LogP contribution >= 0.6 is 0 Å². The van der Waals surface area contributed by atoms with E-state index in [4.69, 9.17) is 4.74 Å². The van der Waals surface area contributed by atoms with Gasteiger partial charge in [0.1, 0.15) is 6.10 Å². The van der Waals surface area contributed by atoms with Crippen LogP contribution in [0.15, 0.2) is 11.6 Å². The molecule has 32 heavy (non-hydrogen) atoms. The molecule has 3 fully saturated rings. The van der Waals surface area contributed by atoms with Crippen LogP contribution in [0.5, 0.6) is 0 Å². The fourth-order valence-electron chi connectivity index (χ4n) is 8.85. The third kappa shape index (κ3) is 4.11. The minimum absolute atomic E-state index is 0.0288. The highest BCUT2D eigenvalue weighted by Gasteiger charge is 2.61. The van der Waals surface area contributed by atoms with Crippen molar-refractivity contribution in [3.8, 4) is 0 Å². The van der Waals surface area contributed by atoms with Crippen LogP contribution in [0.4, 0.5) is 0 Å². The second-order valence-electron chi connectivity index (χ2n) is 12.7. The van der Waals surface area contributed by atoms with Crippen molar-refractivity contribution in [3.05, 3.63) is 11.6 Å². The number of ether oxygens (including phenoxy) is 1. The maximum absolute atomic E-state index is 13.4. The summed E-state index contributed by atoms with van der Waals surface area (Å²) in [4.78, 5) is 24.9. The van der Waals surface area contributed by atoms with E-state index >= 15 is 0 Å². The zero-order chi connectivity index (χ0) is 23.3. The summed E-state index contributed by atoms with van der Waals surface area (Å²) in [6.45, 7) is 13.6. The number of carbonyl (C=O) groups excluding carboxylic acids is 2. The van der Waals surface area contributed by atoms with E-state index in [1.54, 1.807) is 0 Å². The number of Topliss-reactive ketones (excluding diaryl/α,β-unsaturated/α-hetero) is 1. The second-order valence-corrected chi connectivity index (χ2v) is 12.7. The summed E-state index contributed by atoms with van der Waals surface area (Å²) in [7, 11) is 0. The van der Waals surface area contributed by atoms with Crippen LogP contribution in [0.1, 0.15) is 106 Å². The molecule has 8 atom stereocenters. The predicted octanol–water partition coefficient (Wildman–Crippen LogP) is 7.14. The van der Waals surface area contributed by atoms with Crippen molar-refractivity contribution in [2.24, 2.45) is 46.3 Å². The first kappa shape index (κ1) is 24.0. The number of fused-ring (bicyclic) bond motifs is 5. The van der Waals surface area contributed by atoms with E-state index in [0.29, 0.717) is 35.4 Å². The van der Waals surface area contributed by atoms with Crippen LogP contribution < -0.4 is 0 Å². The molecule has 0 amide bonds. The van der Waals surface area contributed by atoms with Crippen LogP contribution in [-0.4, -0.2) is 17.9 Å². The molecule has 3 saturated carbocycles. The zero-order valence-electron chi connectivity index (χ0n) is 21.4. The Morgan fingerprint density at radius 1 is 1.06 bits per heavy atom. The molecule has 3 nitrogen and oxygen atoms in total. The molecular formula is C29H46O3. The first-order chi connectivity index (χ1) is 15.1. The average molecular weight is 443 g/mol. The molecule has 0 aromatic rings. The summed E-state index contributed by atoms with van der Waals surface area (Å²) in [6, 6.07) is 0. The van der Waals surface area contributed by atoms with Crippen molar-refractivity contribution in [3.63, 3.8) is 0 Å². The highest BCUT2D eigenvalue weighted by Crippen LogP contribution is 2.67. The Bertz CT molecular complexity index is 766. The van der Waals surface area contributed by atoms with Crippen LogP contribution in [0, 0.1) is 46.3 Å². The van der Waals surface area contributed by atoms with Gasteiger partial charge in [0.05, 0.1) is 0 Å². The Balaban J connectivity index is 1.52. The third-order valence-corrected chi connectivity index (χ3v) is 10.4. The van der Waals surface area contributed by atoms with Crippen molar-refractivity contribution in [2.45, 2.75) is 112 Å². The SMILES string of the molecule is CC(=O)O[C@@H]1C=C2C(=O)C[C@@H]3[C@H]4CC[C@@H]([C@H](C)CCCC(C)C)[C@]4(C)CC[C@H]3[C@@]2(C)CC1. The van der Waals surface area contributed by atoms with Gasteiger partial charge in [-0.15, -0.1) is 0 Å². The number of hydrogen-bond donors (Lipinski definition) is 0. The molecule has 0 aromatic heterocycles. The molecule has 180 valence electrons. The van der Waals surface area contributed by atoms with E-state index < -0.39 is 0 Å². The fraction of sp³-hybridized carbons (Fsp3) is 0.862. The molecule has 4 rings (SSSR count). The van der Waals surface area contributed by atoms with Gasteiger partial charge in [-0.3, -0.25) is 9.59 Å². The van der Waals surface area contributed by atoms with Crippen molar-refractivity contribution >= 4 is 11.8 Å². The van der Waals surface area contributed by atoms with E-state index in [1.807, 2.05) is 6.08 Å². The van der Waals surface area contributed by atoms with E-state index in [-0.39, 0.29) is 17.5 Å². The number of allylic oxidation sites excluding steroid dienone is 1. The quantitative estimate of drug-likeness (QED) is 0.411. The maximum Gasteiger partial charge on any atom is 0.303 e. The summed E-state index contributed by atoms with van der Waals surface area (Å²) in [5, 5.41) is 0. The molecule has 0 N–H and O–H groups in total. The van der Waals surface area contributed by atoms with E-state index in [0.717, 1.165) is 36.2 Å². The van der Waals surface area contributed by atoms with Crippen LogP contribution in [0.25, 0.3) is 0 Å². The van der Waals surface area contributed by atoms with Crippen LogP contribution in [0.3, 0.4) is 0 Å². The summed E-state index contributed by atoms with van der Waals surface area (Å²) in [5.74, 6) is 4.36. The molecule has 0 unspecified atom stereocenters. The molecular weight excluding hydrogens is 396 g/mol. The van der Waals surface area contributed by atoms with E-state index in [9.17, 15) is 9.59 Å². The lowest BCUT2D eigenvalue weighted by molar-refractivity contribution is -0.146. The van der Waals surface area contributed by atoms with Gasteiger partial charge in [-0.25, -0.2) is 0 Å². The van der Waals surface area contributed by atoms with E-state index in [2.05, 4.69) is 34.6 Å². The molecule has 0 radical (unpaired) electrons. The van der Waals surface area contributed by atoms with Gasteiger partial charge < -0.3 is 4.74 Å². The standard InChI is InChI=1S/C29H46O3/c1-18(2)8-7-9-19(3)23-10-11-24-22-17-27(31)26-16-21(32-20(4)30)12-14-29(26,6)25(22)13-15-28(23,24)5/h16,18-19,21-25H,7-15,17H2,1-6H3/t19-,21+,22-,23+,24-,25-,28+,29-/m1/s1. The van der Waals surface area contributed by atoms with Gasteiger partial charge in [0.2, 0.25) is 0 Å². The van der Waals surface area contributed by atoms with Gasteiger partial charge in [0, 0.05) is 18.9 Å². The molecule has 4 aliphatic carbocycles. The monoisotopic (exact) mass is 442 g/mol. The lowest BCUT2D eigenvalue weighted by atomic mass is 9.46. The lowest BCUT2D eigenvalue weighted by Crippen LogP contribution is -2.53. The summed E-state index contributed by atoms with van der Waals surface area (Å²) >= 11 is 0. The predicted molar refractivity (Wildman–Crippen MR) is 129 cm³/mol. The normalized spacial score (nSPS) is 42.0. The maximum atomic E-state index is 13.4. The Morgan fingerprint density at radius 3 is 2.50 bits per heavy atom. The fourth-order valence-corrected chi connectivity index (χ4v) is 8.85. The zero-order valence-corrected chi connectivity index (χ0v) is 21.4. The summed E-state index contributed by atoms with van der Waals surface area (Å²) in [6.07, 6.45) is 13.7. The summed E-state index contributed by atoms with van der Waals surface area (Å²) in [5.41, 5.74) is 1.36. The smallest absolute Gasteiger partial charge is 0.303 e. The topological polar surface area (TPSA) is 43.4 Å². The number of ketones is 1. The van der Waals surface area contributed by atoms with E-state index in [1.165, 1.54) is 51.9 Å². The molecule has 0 heterocycles. The lowest BCUT2D eigenvalue weighted by Gasteiger charge is -2.58. The van der Waals surface area contributed by atoms with Gasteiger partial charge in [0.25, 0.3) is 0 Å². The van der Waals surface area contributed by atoms with Crippen LogP contribution in [0.2, 0.25) is 0 Å². The largest absolute Gasteiger partial charge is 0.458 e. The van der Waals surface area contributed by atoms with Crippen molar-refractivity contribution in [1.82, 2.24) is 0 Å². The summed E-state index contributed by atoms with van der Waals surface area (Å²) < 4.78 is 5.47. The molecule has 0 bridgehead atoms. The van der Waals surface area contributed by atoms with Gasteiger partial charge in [-0.2, -0.15) is 0 Å². The van der Waals surface area contributed by atoms with Gasteiger partial charge >= 0.3 is 5.97 Å². The number of rotatable bonds is 6. The molecule has 0 saturated heterocycles. The average Bonchev–Trinajstić information content (AvgIpc) is 3.06. The third-order valence-electron chi connectivity index (χ3n) is 10.4. The molecule has 0 aliphatic heterocycles. The Kier molecular flexibility index (Phi) is 6.69. The highest BCUT2D eigenvalue weighted by atomic mass is 16.5. The molecule has 3 heteroatoms.